The van der Waals surface area contributed by atoms with Gasteiger partial charge in [0.2, 0.25) is 0 Å². The molecule has 2 aliphatic heterocycles. The van der Waals surface area contributed by atoms with Crippen molar-refractivity contribution in [3.05, 3.63) is 0 Å². The molecule has 0 N–H and O–H groups in total. The van der Waals surface area contributed by atoms with E-state index in [9.17, 15) is 0 Å². The van der Waals surface area contributed by atoms with Crippen LogP contribution in [0.15, 0.2) is 0 Å². The van der Waals surface area contributed by atoms with Crippen molar-refractivity contribution in [1.82, 2.24) is 9.80 Å². The third-order valence-corrected chi connectivity index (χ3v) is 17.4. The molecular formula is C40H66N2. The highest BCUT2D eigenvalue weighted by Crippen LogP contribution is 2.64. The molecule has 14 unspecified atom stereocenters. The summed E-state index contributed by atoms with van der Waals surface area (Å²) in [6, 6.07) is 3.77. The highest BCUT2D eigenvalue weighted by Gasteiger charge is 2.59. The minimum absolute atomic E-state index is 0.940. The highest BCUT2D eigenvalue weighted by atomic mass is 15.2. The maximum Gasteiger partial charge on any atom is 0.0129 e. The van der Waals surface area contributed by atoms with Gasteiger partial charge in [0.1, 0.15) is 0 Å². The molecule has 9 rings (SSSR count). The minimum atomic E-state index is 0.940. The van der Waals surface area contributed by atoms with E-state index in [0.717, 1.165) is 95.2 Å². The molecule has 2 heterocycles. The molecule has 236 valence electrons. The van der Waals surface area contributed by atoms with Gasteiger partial charge < -0.3 is 0 Å². The minimum Gasteiger partial charge on any atom is -0.300 e. The zero-order chi connectivity index (χ0) is 27.9. The Hall–Kier alpha value is -0.0800. The van der Waals surface area contributed by atoms with E-state index < -0.39 is 0 Å². The Kier molecular flexibility index (Phi) is 7.59. The molecule has 42 heavy (non-hydrogen) atoms. The van der Waals surface area contributed by atoms with Crippen LogP contribution < -0.4 is 0 Å². The van der Waals surface area contributed by atoms with Gasteiger partial charge >= 0.3 is 0 Å². The maximum absolute atomic E-state index is 2.98. The van der Waals surface area contributed by atoms with Gasteiger partial charge in [-0.2, -0.15) is 0 Å². The van der Waals surface area contributed by atoms with E-state index >= 15 is 0 Å². The fourth-order valence-electron chi connectivity index (χ4n) is 16.1. The van der Waals surface area contributed by atoms with Crippen LogP contribution in [0.4, 0.5) is 0 Å². The topological polar surface area (TPSA) is 6.48 Å². The molecule has 9 fully saturated rings. The number of nitrogens with zero attached hydrogens (tertiary/aromatic N) is 2. The Balaban J connectivity index is 0.983. The van der Waals surface area contributed by atoms with Crippen LogP contribution in [0.5, 0.6) is 0 Å². The molecule has 0 aromatic carbocycles. The van der Waals surface area contributed by atoms with Gasteiger partial charge in [0.05, 0.1) is 0 Å². The number of hydrogen-bond donors (Lipinski definition) is 0. The lowest BCUT2D eigenvalue weighted by Crippen LogP contribution is -2.55. The van der Waals surface area contributed by atoms with Crippen molar-refractivity contribution in [2.24, 2.45) is 71.0 Å². The second-order valence-corrected chi connectivity index (χ2v) is 18.3. The Bertz CT molecular complexity index is 861. The summed E-state index contributed by atoms with van der Waals surface area (Å²) in [7, 11) is 5.15. The molecule has 7 saturated carbocycles. The van der Waals surface area contributed by atoms with E-state index in [4.69, 9.17) is 0 Å². The molecule has 2 saturated heterocycles. The van der Waals surface area contributed by atoms with Crippen LogP contribution in [0.2, 0.25) is 0 Å². The van der Waals surface area contributed by atoms with Crippen LogP contribution in [-0.4, -0.2) is 48.1 Å². The first-order valence-corrected chi connectivity index (χ1v) is 20.1. The van der Waals surface area contributed by atoms with Gasteiger partial charge in [-0.15, -0.1) is 0 Å². The molecule has 14 atom stereocenters. The van der Waals surface area contributed by atoms with Crippen molar-refractivity contribution in [2.75, 3.05) is 14.1 Å². The smallest absolute Gasteiger partial charge is 0.0129 e. The first-order valence-electron chi connectivity index (χ1n) is 20.1. The molecule has 0 aromatic heterocycles. The quantitative estimate of drug-likeness (QED) is 0.324. The van der Waals surface area contributed by atoms with E-state index in [1.807, 2.05) is 0 Å². The molecule has 2 heteroatoms. The lowest BCUT2D eigenvalue weighted by molar-refractivity contribution is -0.120. The lowest BCUT2D eigenvalue weighted by Gasteiger charge is -2.61. The monoisotopic (exact) mass is 575 g/mol. The van der Waals surface area contributed by atoms with Gasteiger partial charge in [0, 0.05) is 24.2 Å². The van der Waals surface area contributed by atoms with Gasteiger partial charge in [0.15, 0.2) is 0 Å². The van der Waals surface area contributed by atoms with E-state index in [1.54, 1.807) is 103 Å². The number of hydrogen-bond acceptors (Lipinski definition) is 2. The summed E-state index contributed by atoms with van der Waals surface area (Å²) in [5, 5.41) is 0. The summed E-state index contributed by atoms with van der Waals surface area (Å²) in [6.45, 7) is 0. The summed E-state index contributed by atoms with van der Waals surface area (Å²) >= 11 is 0. The largest absolute Gasteiger partial charge is 0.300 e. The Morgan fingerprint density at radius 2 is 0.619 bits per heavy atom. The van der Waals surface area contributed by atoms with Crippen molar-refractivity contribution in [3.63, 3.8) is 0 Å². The fraction of sp³-hybridized carbons (Fsp3) is 1.00. The van der Waals surface area contributed by atoms with Crippen molar-refractivity contribution in [1.29, 1.82) is 0 Å². The third kappa shape index (κ3) is 4.35. The Morgan fingerprint density at radius 1 is 0.310 bits per heavy atom. The second kappa shape index (κ2) is 11.3. The van der Waals surface area contributed by atoms with Crippen LogP contribution in [-0.2, 0) is 0 Å². The van der Waals surface area contributed by atoms with Crippen molar-refractivity contribution < 1.29 is 0 Å². The van der Waals surface area contributed by atoms with E-state index in [0.29, 0.717) is 0 Å². The summed E-state index contributed by atoms with van der Waals surface area (Å²) in [5.41, 5.74) is 0. The van der Waals surface area contributed by atoms with Gasteiger partial charge in [-0.05, 0) is 175 Å². The average Bonchev–Trinajstić information content (AvgIpc) is 3.50. The maximum atomic E-state index is 2.98. The molecule has 0 bridgehead atoms. The molecule has 0 aromatic rings. The lowest BCUT2D eigenvalue weighted by atomic mass is 9.44. The number of likely N-dealkylation sites (tertiary alicyclic amines) is 2. The summed E-state index contributed by atoms with van der Waals surface area (Å²) < 4.78 is 0. The van der Waals surface area contributed by atoms with Crippen LogP contribution in [0.25, 0.3) is 0 Å². The van der Waals surface area contributed by atoms with Crippen LogP contribution in [0.3, 0.4) is 0 Å². The zero-order valence-corrected chi connectivity index (χ0v) is 27.7. The summed E-state index contributed by atoms with van der Waals surface area (Å²) in [6.07, 6.45) is 34.5. The first-order chi connectivity index (χ1) is 20.7. The summed E-state index contributed by atoms with van der Waals surface area (Å²) in [4.78, 5) is 5.97. The molecule has 9 aliphatic rings. The summed E-state index contributed by atoms with van der Waals surface area (Å²) in [5.74, 6) is 12.9. The number of fused-ring (bicyclic) bond motifs is 8. The second-order valence-electron chi connectivity index (χ2n) is 18.3. The predicted octanol–water partition coefficient (Wildman–Crippen LogP) is 9.42. The van der Waals surface area contributed by atoms with Gasteiger partial charge in [0.25, 0.3) is 0 Å². The van der Waals surface area contributed by atoms with Gasteiger partial charge in [-0.3, -0.25) is 9.80 Å². The van der Waals surface area contributed by atoms with Crippen LogP contribution >= 0.6 is 0 Å². The van der Waals surface area contributed by atoms with Crippen molar-refractivity contribution in [3.8, 4) is 0 Å². The first kappa shape index (κ1) is 28.2. The highest BCUT2D eigenvalue weighted by molar-refractivity contribution is 5.10. The van der Waals surface area contributed by atoms with E-state index in [2.05, 4.69) is 23.9 Å². The normalized spacial score (nSPS) is 56.4. The Labute approximate surface area is 259 Å². The number of rotatable bonds is 2. The van der Waals surface area contributed by atoms with Crippen molar-refractivity contribution >= 4 is 0 Å². The standard InChI is InChI=1S/C40H66N2/c1-41-35-17-9-7-11-27(35)29-21-19-25(23-37(29)41)39-31-13-3-5-15-33(31)40(34-16-6-4-14-32(34)39)26-20-22-30-28-12-8-10-18-36(28)42(2)38(30)24-26/h25-40H,3-24H2,1-2H3. The average molecular weight is 575 g/mol. The molecule has 0 spiro atoms. The Morgan fingerprint density at radius 3 is 1.00 bits per heavy atom. The molecule has 0 amide bonds. The molecule has 2 nitrogen and oxygen atoms in total. The molecular weight excluding hydrogens is 508 g/mol. The van der Waals surface area contributed by atoms with E-state index in [1.165, 1.54) is 38.5 Å². The fourth-order valence-corrected chi connectivity index (χ4v) is 16.1. The molecule has 0 radical (unpaired) electrons. The van der Waals surface area contributed by atoms with E-state index in [-0.39, 0.29) is 0 Å². The van der Waals surface area contributed by atoms with Crippen molar-refractivity contribution in [2.45, 2.75) is 165 Å². The SMILES string of the molecule is CN1C2CCCCC2C2CCC(C3C4CCCCC4C(C4CCC5C6CCCCC6N(C)C5C4)C4CCCCC43)CC21. The molecule has 7 aliphatic carbocycles. The van der Waals surface area contributed by atoms with Gasteiger partial charge in [-0.1, -0.05) is 51.4 Å². The third-order valence-electron chi connectivity index (χ3n) is 17.4. The van der Waals surface area contributed by atoms with Crippen LogP contribution in [0, 0.1) is 71.0 Å². The van der Waals surface area contributed by atoms with Crippen LogP contribution in [0.1, 0.15) is 141 Å². The zero-order valence-electron chi connectivity index (χ0n) is 27.7. The van der Waals surface area contributed by atoms with Gasteiger partial charge in [-0.25, -0.2) is 0 Å². The predicted molar refractivity (Wildman–Crippen MR) is 174 cm³/mol.